The molecular formula is C7H9FO3. The molecule has 0 radical (unpaired) electrons. The van der Waals surface area contributed by atoms with E-state index in [1.165, 1.54) is 0 Å². The summed E-state index contributed by atoms with van der Waals surface area (Å²) in [5.41, 5.74) is -2.53. The summed E-state index contributed by atoms with van der Waals surface area (Å²) >= 11 is 0. The highest BCUT2D eigenvalue weighted by molar-refractivity contribution is 5.78. The summed E-state index contributed by atoms with van der Waals surface area (Å²) in [5, 5.41) is 8.71. The molecule has 3 nitrogen and oxygen atoms in total. The van der Waals surface area contributed by atoms with Crippen LogP contribution in [0.25, 0.3) is 0 Å². The number of halogens is 1. The second kappa shape index (κ2) is 1.75. The molecular weight excluding hydrogens is 151 g/mol. The first kappa shape index (κ1) is 7.03. The number of fused-ring (bicyclic) bond motifs is 2. The van der Waals surface area contributed by atoms with Gasteiger partial charge in [-0.05, 0) is 12.8 Å². The Balaban J connectivity index is 2.27. The SMILES string of the molecule is O=C(O)C12CCC(F)(CO1)C2. The quantitative estimate of drug-likeness (QED) is 0.615. The van der Waals surface area contributed by atoms with E-state index in [1.807, 2.05) is 0 Å². The fourth-order valence-electron chi connectivity index (χ4n) is 1.87. The fraction of sp³-hybridized carbons (Fsp3) is 0.857. The Kier molecular flexibility index (Phi) is 1.12. The summed E-state index contributed by atoms with van der Waals surface area (Å²) in [6.07, 6.45) is 0.688. The molecule has 2 aliphatic rings. The van der Waals surface area contributed by atoms with Gasteiger partial charge in [0.25, 0.3) is 0 Å². The standard InChI is InChI=1S/C7H9FO3/c8-6-1-2-7(3-6,5(9)10)11-4-6/h1-4H2,(H,9,10). The highest BCUT2D eigenvalue weighted by Gasteiger charge is 2.60. The number of ether oxygens (including phenoxy) is 1. The third kappa shape index (κ3) is 0.788. The van der Waals surface area contributed by atoms with Crippen LogP contribution in [-0.2, 0) is 9.53 Å². The zero-order chi connectivity index (χ0) is 8.11. The van der Waals surface area contributed by atoms with Crippen LogP contribution < -0.4 is 0 Å². The van der Waals surface area contributed by atoms with Gasteiger partial charge in [0.2, 0.25) is 0 Å². The average molecular weight is 160 g/mol. The van der Waals surface area contributed by atoms with Gasteiger partial charge in [0.1, 0.15) is 5.67 Å². The normalized spacial score (nSPS) is 48.1. The summed E-state index contributed by atoms with van der Waals surface area (Å²) in [6, 6.07) is 0. The number of aliphatic carboxylic acids is 1. The first-order chi connectivity index (χ1) is 5.06. The number of hydrogen-bond acceptors (Lipinski definition) is 2. The Morgan fingerprint density at radius 2 is 2.27 bits per heavy atom. The average Bonchev–Trinajstić information content (AvgIpc) is 2.42. The predicted molar refractivity (Wildman–Crippen MR) is 34.0 cm³/mol. The van der Waals surface area contributed by atoms with Crippen molar-refractivity contribution in [1.29, 1.82) is 0 Å². The van der Waals surface area contributed by atoms with Crippen molar-refractivity contribution in [3.8, 4) is 0 Å². The lowest BCUT2D eigenvalue weighted by Crippen LogP contribution is -2.36. The maximum Gasteiger partial charge on any atom is 0.336 e. The van der Waals surface area contributed by atoms with Gasteiger partial charge in [-0.1, -0.05) is 0 Å². The Morgan fingerprint density at radius 3 is 2.45 bits per heavy atom. The van der Waals surface area contributed by atoms with Crippen molar-refractivity contribution >= 4 is 5.97 Å². The van der Waals surface area contributed by atoms with E-state index in [0.29, 0.717) is 12.8 Å². The van der Waals surface area contributed by atoms with Crippen LogP contribution in [0.1, 0.15) is 19.3 Å². The van der Waals surface area contributed by atoms with Crippen molar-refractivity contribution in [3.05, 3.63) is 0 Å². The van der Waals surface area contributed by atoms with E-state index >= 15 is 0 Å². The van der Waals surface area contributed by atoms with E-state index in [-0.39, 0.29) is 13.0 Å². The molecule has 2 atom stereocenters. The largest absolute Gasteiger partial charge is 0.479 e. The van der Waals surface area contributed by atoms with E-state index in [1.54, 1.807) is 0 Å². The van der Waals surface area contributed by atoms with Gasteiger partial charge in [-0.3, -0.25) is 0 Å². The van der Waals surface area contributed by atoms with Crippen molar-refractivity contribution < 1.29 is 19.0 Å². The molecule has 11 heavy (non-hydrogen) atoms. The van der Waals surface area contributed by atoms with Crippen LogP contribution >= 0.6 is 0 Å². The van der Waals surface area contributed by atoms with Crippen molar-refractivity contribution in [1.82, 2.24) is 0 Å². The van der Waals surface area contributed by atoms with Crippen LogP contribution in [0.5, 0.6) is 0 Å². The van der Waals surface area contributed by atoms with Crippen molar-refractivity contribution in [3.63, 3.8) is 0 Å². The maximum atomic E-state index is 13.3. The number of alkyl halides is 1. The van der Waals surface area contributed by atoms with E-state index < -0.39 is 17.2 Å². The minimum absolute atomic E-state index is 0.0370. The highest BCUT2D eigenvalue weighted by atomic mass is 19.1. The van der Waals surface area contributed by atoms with E-state index in [0.717, 1.165) is 0 Å². The monoisotopic (exact) mass is 160 g/mol. The zero-order valence-corrected chi connectivity index (χ0v) is 5.97. The van der Waals surface area contributed by atoms with Gasteiger partial charge in [-0.15, -0.1) is 0 Å². The molecule has 62 valence electrons. The van der Waals surface area contributed by atoms with Crippen LogP contribution in [0.4, 0.5) is 4.39 Å². The van der Waals surface area contributed by atoms with Gasteiger partial charge in [0.05, 0.1) is 6.61 Å². The van der Waals surface area contributed by atoms with Crippen LogP contribution in [0, 0.1) is 0 Å². The molecule has 0 aromatic heterocycles. The highest BCUT2D eigenvalue weighted by Crippen LogP contribution is 2.49. The Labute approximate surface area is 63.2 Å². The van der Waals surface area contributed by atoms with Crippen LogP contribution in [-0.4, -0.2) is 29.0 Å². The third-order valence-electron chi connectivity index (χ3n) is 2.58. The second-order valence-electron chi connectivity index (χ2n) is 3.42. The minimum atomic E-state index is -1.35. The molecule has 0 aromatic rings. The third-order valence-corrected chi connectivity index (χ3v) is 2.58. The minimum Gasteiger partial charge on any atom is -0.479 e. The molecule has 1 N–H and O–H groups in total. The number of hydrogen-bond donors (Lipinski definition) is 1. The molecule has 2 bridgehead atoms. The molecule has 1 heterocycles. The van der Waals surface area contributed by atoms with Gasteiger partial charge in [-0.2, -0.15) is 0 Å². The van der Waals surface area contributed by atoms with Crippen molar-refractivity contribution in [2.75, 3.05) is 6.61 Å². The molecule has 0 aromatic carbocycles. The fourth-order valence-corrected chi connectivity index (χ4v) is 1.87. The summed E-state index contributed by atoms with van der Waals surface area (Å²) in [7, 11) is 0. The van der Waals surface area contributed by atoms with Gasteiger partial charge >= 0.3 is 5.97 Å². The Bertz CT molecular complexity index is 206. The number of rotatable bonds is 1. The molecule has 1 aliphatic heterocycles. The van der Waals surface area contributed by atoms with E-state index in [2.05, 4.69) is 0 Å². The first-order valence-corrected chi connectivity index (χ1v) is 3.63. The summed E-state index contributed by atoms with van der Waals surface area (Å²) in [6.45, 7) is -0.0424. The van der Waals surface area contributed by atoms with Gasteiger partial charge in [0.15, 0.2) is 5.60 Å². The molecule has 0 spiro atoms. The number of carboxylic acids is 1. The van der Waals surface area contributed by atoms with Crippen molar-refractivity contribution in [2.45, 2.75) is 30.5 Å². The summed E-state index contributed by atoms with van der Waals surface area (Å²) in [5.74, 6) is -1.02. The number of carbonyl (C=O) groups is 1. The molecule has 2 unspecified atom stereocenters. The molecule has 1 aliphatic carbocycles. The van der Waals surface area contributed by atoms with Crippen LogP contribution in [0.2, 0.25) is 0 Å². The molecule has 2 rings (SSSR count). The molecule has 1 saturated heterocycles. The molecule has 1 saturated carbocycles. The van der Waals surface area contributed by atoms with E-state index in [9.17, 15) is 9.18 Å². The number of carboxylic acid groups (broad SMARTS) is 1. The summed E-state index contributed by atoms with van der Waals surface area (Å²) < 4.78 is 18.2. The smallest absolute Gasteiger partial charge is 0.336 e. The summed E-state index contributed by atoms with van der Waals surface area (Å²) in [4.78, 5) is 10.6. The lowest BCUT2D eigenvalue weighted by atomic mass is 10.0. The van der Waals surface area contributed by atoms with Crippen LogP contribution in [0.15, 0.2) is 0 Å². The maximum absolute atomic E-state index is 13.3. The van der Waals surface area contributed by atoms with Gasteiger partial charge in [-0.25, -0.2) is 9.18 Å². The second-order valence-corrected chi connectivity index (χ2v) is 3.42. The molecule has 2 fully saturated rings. The Morgan fingerprint density at radius 1 is 1.55 bits per heavy atom. The predicted octanol–water partition coefficient (Wildman–Crippen LogP) is 0.732. The zero-order valence-electron chi connectivity index (χ0n) is 5.97. The Hall–Kier alpha value is -0.640. The lowest BCUT2D eigenvalue weighted by molar-refractivity contribution is -0.161. The van der Waals surface area contributed by atoms with Gasteiger partial charge in [0, 0.05) is 6.42 Å². The topological polar surface area (TPSA) is 46.5 Å². The van der Waals surface area contributed by atoms with Crippen molar-refractivity contribution in [2.24, 2.45) is 0 Å². The molecule has 4 heteroatoms. The lowest BCUT2D eigenvalue weighted by Gasteiger charge is -2.21. The molecule has 0 amide bonds. The van der Waals surface area contributed by atoms with Crippen LogP contribution in [0.3, 0.4) is 0 Å². The van der Waals surface area contributed by atoms with E-state index in [4.69, 9.17) is 9.84 Å². The first-order valence-electron chi connectivity index (χ1n) is 3.63. The van der Waals surface area contributed by atoms with Gasteiger partial charge < -0.3 is 9.84 Å².